The average Bonchev–Trinajstić information content (AvgIpc) is 2.58. The number of amides is 1. The minimum atomic E-state index is -0.498. The van der Waals surface area contributed by atoms with Gasteiger partial charge in [0.15, 0.2) is 0 Å². The Labute approximate surface area is 147 Å². The van der Waals surface area contributed by atoms with Gasteiger partial charge in [-0.3, -0.25) is 4.79 Å². The van der Waals surface area contributed by atoms with Gasteiger partial charge in [0.1, 0.15) is 17.4 Å². The topological polar surface area (TPSA) is 85.2 Å². The summed E-state index contributed by atoms with van der Waals surface area (Å²) >= 11 is 0. The molecular formula is C20H21N3O2. The van der Waals surface area contributed by atoms with Crippen molar-refractivity contribution in [3.8, 4) is 11.8 Å². The summed E-state index contributed by atoms with van der Waals surface area (Å²) in [6.07, 6.45) is 1.29. The second kappa shape index (κ2) is 8.02. The molecule has 5 nitrogen and oxygen atoms in total. The first kappa shape index (κ1) is 18.1. The fraction of sp³-hybridized carbons (Fsp3) is 0.200. The van der Waals surface area contributed by atoms with Crippen LogP contribution in [0.4, 0.5) is 11.4 Å². The third-order valence-electron chi connectivity index (χ3n) is 3.81. The van der Waals surface area contributed by atoms with E-state index in [-0.39, 0.29) is 17.2 Å². The van der Waals surface area contributed by atoms with Gasteiger partial charge in [-0.2, -0.15) is 5.26 Å². The summed E-state index contributed by atoms with van der Waals surface area (Å²) in [5.74, 6) is -0.219. The molecule has 0 aromatic heterocycles. The largest absolute Gasteiger partial charge is 0.506 e. The number of carbonyl (C=O) groups is 1. The molecule has 0 atom stereocenters. The van der Waals surface area contributed by atoms with Crippen LogP contribution in [-0.2, 0) is 4.79 Å². The average molecular weight is 335 g/mol. The monoisotopic (exact) mass is 335 g/mol. The highest BCUT2D eigenvalue weighted by Gasteiger charge is 2.15. The van der Waals surface area contributed by atoms with E-state index in [1.807, 2.05) is 45.0 Å². The van der Waals surface area contributed by atoms with E-state index >= 15 is 0 Å². The summed E-state index contributed by atoms with van der Waals surface area (Å²) in [5.41, 5.74) is 3.01. The highest BCUT2D eigenvalue weighted by molar-refractivity contribution is 6.07. The van der Waals surface area contributed by atoms with Gasteiger partial charge >= 0.3 is 0 Å². The molecular weight excluding hydrogens is 314 g/mol. The molecule has 0 radical (unpaired) electrons. The molecule has 3 N–H and O–H groups in total. The van der Waals surface area contributed by atoms with Crippen molar-refractivity contribution in [1.29, 1.82) is 5.26 Å². The van der Waals surface area contributed by atoms with Crippen molar-refractivity contribution in [3.63, 3.8) is 0 Å². The number of anilines is 2. The maximum Gasteiger partial charge on any atom is 0.267 e. The zero-order valence-corrected chi connectivity index (χ0v) is 14.5. The zero-order chi connectivity index (χ0) is 18.4. The molecule has 0 aliphatic rings. The van der Waals surface area contributed by atoms with Crippen LogP contribution < -0.4 is 10.6 Å². The number of rotatable bonds is 5. The first-order chi connectivity index (χ1) is 11.9. The normalized spacial score (nSPS) is 11.1. The van der Waals surface area contributed by atoms with Crippen LogP contribution in [0.25, 0.3) is 0 Å². The standard InChI is InChI=1S/C20H21N3O2/c1-13(2)16-8-6-7-14(3)19(16)23-20(25)15(11-21)12-22-17-9-4-5-10-18(17)24/h4-10,12-13,22,24H,1-3H3,(H,23,25)/b15-12-. The van der Waals surface area contributed by atoms with E-state index in [1.165, 1.54) is 12.3 Å². The fourth-order valence-electron chi connectivity index (χ4n) is 2.42. The summed E-state index contributed by atoms with van der Waals surface area (Å²) in [4.78, 5) is 12.5. The maximum absolute atomic E-state index is 12.5. The molecule has 5 heteroatoms. The van der Waals surface area contributed by atoms with E-state index in [4.69, 9.17) is 0 Å². The molecule has 0 saturated heterocycles. The molecule has 25 heavy (non-hydrogen) atoms. The van der Waals surface area contributed by atoms with Crippen molar-refractivity contribution in [3.05, 3.63) is 65.4 Å². The van der Waals surface area contributed by atoms with E-state index in [0.717, 1.165) is 16.8 Å². The third kappa shape index (κ3) is 4.39. The molecule has 0 saturated carbocycles. The Morgan fingerprint density at radius 1 is 1.20 bits per heavy atom. The van der Waals surface area contributed by atoms with Crippen molar-refractivity contribution in [2.75, 3.05) is 10.6 Å². The molecule has 0 aliphatic carbocycles. The van der Waals surface area contributed by atoms with Crippen molar-refractivity contribution in [2.45, 2.75) is 26.7 Å². The summed E-state index contributed by atoms with van der Waals surface area (Å²) in [6, 6.07) is 14.3. The van der Waals surface area contributed by atoms with Gasteiger partial charge in [0.25, 0.3) is 5.91 Å². The number of hydrogen-bond donors (Lipinski definition) is 3. The van der Waals surface area contributed by atoms with Gasteiger partial charge in [0.05, 0.1) is 5.69 Å². The molecule has 2 aromatic rings. The third-order valence-corrected chi connectivity index (χ3v) is 3.81. The van der Waals surface area contributed by atoms with Gasteiger partial charge in [0.2, 0.25) is 0 Å². The van der Waals surface area contributed by atoms with Crippen LogP contribution in [0, 0.1) is 18.3 Å². The number of aryl methyl sites for hydroxylation is 1. The van der Waals surface area contributed by atoms with Gasteiger partial charge in [-0.05, 0) is 36.1 Å². The van der Waals surface area contributed by atoms with Gasteiger partial charge in [-0.25, -0.2) is 0 Å². The molecule has 0 spiro atoms. The molecule has 2 aromatic carbocycles. The Morgan fingerprint density at radius 3 is 2.56 bits per heavy atom. The minimum Gasteiger partial charge on any atom is -0.506 e. The second-order valence-corrected chi connectivity index (χ2v) is 5.98. The number of hydrogen-bond acceptors (Lipinski definition) is 4. The lowest BCUT2D eigenvalue weighted by Gasteiger charge is -2.16. The van der Waals surface area contributed by atoms with Crippen LogP contribution in [0.2, 0.25) is 0 Å². The number of aromatic hydroxyl groups is 1. The summed E-state index contributed by atoms with van der Waals surface area (Å²) in [5, 5.41) is 24.6. The first-order valence-electron chi connectivity index (χ1n) is 7.99. The van der Waals surface area contributed by atoms with E-state index in [1.54, 1.807) is 18.2 Å². The number of nitrogens with zero attached hydrogens (tertiary/aromatic N) is 1. The van der Waals surface area contributed by atoms with Gasteiger partial charge in [-0.1, -0.05) is 44.2 Å². The van der Waals surface area contributed by atoms with E-state index < -0.39 is 5.91 Å². The van der Waals surface area contributed by atoms with Gasteiger partial charge < -0.3 is 15.7 Å². The number of nitriles is 1. The highest BCUT2D eigenvalue weighted by atomic mass is 16.3. The van der Waals surface area contributed by atoms with Crippen LogP contribution in [-0.4, -0.2) is 11.0 Å². The molecule has 128 valence electrons. The van der Waals surface area contributed by atoms with Crippen molar-refractivity contribution in [1.82, 2.24) is 0 Å². The van der Waals surface area contributed by atoms with Gasteiger partial charge in [-0.15, -0.1) is 0 Å². The molecule has 2 rings (SSSR count). The summed E-state index contributed by atoms with van der Waals surface area (Å²) in [7, 11) is 0. The fourth-order valence-corrected chi connectivity index (χ4v) is 2.42. The Kier molecular flexibility index (Phi) is 5.80. The minimum absolute atomic E-state index is 0.0393. The molecule has 0 unspecified atom stereocenters. The van der Waals surface area contributed by atoms with Crippen LogP contribution in [0.5, 0.6) is 5.75 Å². The lowest BCUT2D eigenvalue weighted by molar-refractivity contribution is -0.112. The van der Waals surface area contributed by atoms with Crippen LogP contribution in [0.3, 0.4) is 0 Å². The molecule has 0 aliphatic heterocycles. The number of phenolic OH excluding ortho intramolecular Hbond substituents is 1. The Hall–Kier alpha value is -3.26. The molecule has 0 fully saturated rings. The van der Waals surface area contributed by atoms with Gasteiger partial charge in [0, 0.05) is 11.9 Å². The number of nitrogens with one attached hydrogen (secondary N) is 2. The first-order valence-corrected chi connectivity index (χ1v) is 7.99. The number of benzene rings is 2. The number of carbonyl (C=O) groups excluding carboxylic acids is 1. The SMILES string of the molecule is Cc1cccc(C(C)C)c1NC(=O)/C(C#N)=C\Nc1ccccc1O. The predicted octanol–water partition coefficient (Wildman–Crippen LogP) is 4.28. The van der Waals surface area contributed by atoms with E-state index in [9.17, 15) is 15.2 Å². The Balaban J connectivity index is 2.23. The number of para-hydroxylation sites is 3. The van der Waals surface area contributed by atoms with Crippen molar-refractivity contribution >= 4 is 17.3 Å². The molecule has 0 heterocycles. The molecule has 0 bridgehead atoms. The lowest BCUT2D eigenvalue weighted by Crippen LogP contribution is -2.17. The second-order valence-electron chi connectivity index (χ2n) is 5.98. The van der Waals surface area contributed by atoms with Crippen LogP contribution in [0.15, 0.2) is 54.2 Å². The maximum atomic E-state index is 12.5. The quantitative estimate of drug-likeness (QED) is 0.432. The van der Waals surface area contributed by atoms with Crippen LogP contribution in [0.1, 0.15) is 30.9 Å². The van der Waals surface area contributed by atoms with E-state index in [0.29, 0.717) is 5.69 Å². The van der Waals surface area contributed by atoms with Crippen LogP contribution >= 0.6 is 0 Å². The van der Waals surface area contributed by atoms with E-state index in [2.05, 4.69) is 10.6 Å². The smallest absolute Gasteiger partial charge is 0.267 e. The highest BCUT2D eigenvalue weighted by Crippen LogP contribution is 2.28. The number of phenols is 1. The van der Waals surface area contributed by atoms with Crippen molar-refractivity contribution in [2.24, 2.45) is 0 Å². The lowest BCUT2D eigenvalue weighted by atomic mass is 9.98. The predicted molar refractivity (Wildman–Crippen MR) is 99.3 cm³/mol. The summed E-state index contributed by atoms with van der Waals surface area (Å²) < 4.78 is 0. The Bertz CT molecular complexity index is 848. The Morgan fingerprint density at radius 2 is 1.92 bits per heavy atom. The zero-order valence-electron chi connectivity index (χ0n) is 14.5. The summed E-state index contributed by atoms with van der Waals surface area (Å²) in [6.45, 7) is 6.01. The van der Waals surface area contributed by atoms with Crippen molar-refractivity contribution < 1.29 is 9.90 Å². The molecule has 1 amide bonds.